The van der Waals surface area contributed by atoms with Gasteiger partial charge in [-0.3, -0.25) is 4.99 Å². The van der Waals surface area contributed by atoms with Crippen molar-refractivity contribution >= 4 is 29.9 Å². The lowest BCUT2D eigenvalue weighted by Gasteiger charge is -2.24. The van der Waals surface area contributed by atoms with Crippen molar-refractivity contribution in [3.63, 3.8) is 0 Å². The normalized spacial score (nSPS) is 19.8. The predicted octanol–water partition coefficient (Wildman–Crippen LogP) is 3.15. The van der Waals surface area contributed by atoms with Gasteiger partial charge < -0.3 is 24.8 Å². The number of halogens is 3. The summed E-state index contributed by atoms with van der Waals surface area (Å²) in [6.07, 6.45) is 2.06. The van der Waals surface area contributed by atoms with E-state index in [1.807, 2.05) is 0 Å². The molecule has 26 heavy (non-hydrogen) atoms. The maximum absolute atomic E-state index is 12.5. The maximum atomic E-state index is 12.5. The summed E-state index contributed by atoms with van der Waals surface area (Å²) in [4.78, 5) is 4.16. The molecule has 6 nitrogen and oxygen atoms in total. The van der Waals surface area contributed by atoms with Crippen LogP contribution in [0.3, 0.4) is 0 Å². The molecule has 1 aromatic rings. The van der Waals surface area contributed by atoms with E-state index in [1.54, 1.807) is 19.2 Å². The van der Waals surface area contributed by atoms with E-state index < -0.39 is 6.61 Å². The van der Waals surface area contributed by atoms with Crippen molar-refractivity contribution in [2.75, 3.05) is 27.3 Å². The third-order valence-electron chi connectivity index (χ3n) is 4.06. The minimum Gasteiger partial charge on any atom is -0.493 e. The molecule has 9 heteroatoms. The number of aliphatic imine (C=N–C) groups is 1. The van der Waals surface area contributed by atoms with Crippen LogP contribution in [0, 0.1) is 0 Å². The fraction of sp³-hybridized carbons (Fsp3) is 0.588. The molecular formula is C17H26F2IN3O3. The lowest BCUT2D eigenvalue weighted by molar-refractivity contribution is -0.0512. The Labute approximate surface area is 169 Å². The van der Waals surface area contributed by atoms with Gasteiger partial charge in [0.15, 0.2) is 17.5 Å². The Bertz CT molecular complexity index is 597. The summed E-state index contributed by atoms with van der Waals surface area (Å²) in [7, 11) is 3.08. The number of alkyl halides is 2. The van der Waals surface area contributed by atoms with Gasteiger partial charge in [-0.25, -0.2) is 0 Å². The Morgan fingerprint density at radius 2 is 2.12 bits per heavy atom. The van der Waals surface area contributed by atoms with Gasteiger partial charge in [0.05, 0.1) is 12.7 Å². The molecule has 1 fully saturated rings. The zero-order valence-electron chi connectivity index (χ0n) is 15.2. The van der Waals surface area contributed by atoms with Gasteiger partial charge in [0.2, 0.25) is 0 Å². The first-order valence-corrected chi connectivity index (χ1v) is 8.16. The fourth-order valence-electron chi connectivity index (χ4n) is 2.67. The molecule has 0 saturated carbocycles. The van der Waals surface area contributed by atoms with E-state index in [1.165, 1.54) is 13.2 Å². The van der Waals surface area contributed by atoms with Crippen molar-refractivity contribution in [2.24, 2.45) is 4.99 Å². The molecule has 0 bridgehead atoms. The number of ether oxygens (including phenoxy) is 3. The Balaban J connectivity index is 0.00000338. The van der Waals surface area contributed by atoms with Crippen LogP contribution < -0.4 is 20.1 Å². The van der Waals surface area contributed by atoms with Gasteiger partial charge in [0.25, 0.3) is 0 Å². The van der Waals surface area contributed by atoms with E-state index in [0.29, 0.717) is 19.0 Å². The highest BCUT2D eigenvalue weighted by Gasteiger charge is 2.29. The van der Waals surface area contributed by atoms with Gasteiger partial charge in [-0.15, -0.1) is 24.0 Å². The molecule has 1 saturated heterocycles. The molecule has 1 aliphatic heterocycles. The van der Waals surface area contributed by atoms with Crippen molar-refractivity contribution < 1.29 is 23.0 Å². The number of nitrogens with one attached hydrogen (secondary N) is 2. The van der Waals surface area contributed by atoms with Crippen molar-refractivity contribution in [3.8, 4) is 11.5 Å². The van der Waals surface area contributed by atoms with E-state index in [2.05, 4.69) is 27.3 Å². The summed E-state index contributed by atoms with van der Waals surface area (Å²) in [5, 5.41) is 6.37. The molecular weight excluding hydrogens is 459 g/mol. The van der Waals surface area contributed by atoms with Crippen LogP contribution in [-0.4, -0.2) is 45.5 Å². The summed E-state index contributed by atoms with van der Waals surface area (Å²) < 4.78 is 40.2. The standard InChI is InChI=1S/C17H25F2N3O3.HI/c1-17(7-4-8-24-17)11-22-16(20-2)21-10-12-5-6-13(23-3)14(9-12)25-15(18)19;/h5-6,9,15H,4,7-8,10-11H2,1-3H3,(H2,20,21,22);1H. The van der Waals surface area contributed by atoms with Crippen molar-refractivity contribution in [1.29, 1.82) is 0 Å². The molecule has 1 aromatic carbocycles. The van der Waals surface area contributed by atoms with Gasteiger partial charge in [-0.05, 0) is 37.5 Å². The van der Waals surface area contributed by atoms with Crippen molar-refractivity contribution in [3.05, 3.63) is 23.8 Å². The Hall–Kier alpha value is -1.36. The van der Waals surface area contributed by atoms with E-state index in [9.17, 15) is 8.78 Å². The number of nitrogens with zero attached hydrogens (tertiary/aromatic N) is 1. The van der Waals surface area contributed by atoms with Crippen LogP contribution in [0.2, 0.25) is 0 Å². The first-order valence-electron chi connectivity index (χ1n) is 8.16. The zero-order chi connectivity index (χ0) is 18.3. The van der Waals surface area contributed by atoms with E-state index >= 15 is 0 Å². The minimum absolute atomic E-state index is 0. The number of hydrogen-bond donors (Lipinski definition) is 2. The van der Waals surface area contributed by atoms with Crippen LogP contribution in [0.1, 0.15) is 25.3 Å². The summed E-state index contributed by atoms with van der Waals surface area (Å²) in [5.41, 5.74) is 0.582. The summed E-state index contributed by atoms with van der Waals surface area (Å²) >= 11 is 0. The van der Waals surface area contributed by atoms with Crippen LogP contribution in [0.5, 0.6) is 11.5 Å². The fourth-order valence-corrected chi connectivity index (χ4v) is 2.67. The second kappa shape index (κ2) is 10.7. The van der Waals surface area contributed by atoms with Crippen molar-refractivity contribution in [1.82, 2.24) is 10.6 Å². The average molecular weight is 485 g/mol. The topological polar surface area (TPSA) is 64.1 Å². The number of hydrogen-bond acceptors (Lipinski definition) is 4. The van der Waals surface area contributed by atoms with Gasteiger partial charge in [-0.2, -0.15) is 8.78 Å². The Morgan fingerprint density at radius 1 is 1.35 bits per heavy atom. The molecule has 0 amide bonds. The third-order valence-corrected chi connectivity index (χ3v) is 4.06. The third kappa shape index (κ3) is 6.75. The van der Waals surface area contributed by atoms with Gasteiger partial charge in [-0.1, -0.05) is 6.07 Å². The van der Waals surface area contributed by atoms with Crippen LogP contribution in [0.15, 0.2) is 23.2 Å². The zero-order valence-corrected chi connectivity index (χ0v) is 17.5. The monoisotopic (exact) mass is 485 g/mol. The highest BCUT2D eigenvalue weighted by molar-refractivity contribution is 14.0. The van der Waals surface area contributed by atoms with Crippen LogP contribution >= 0.6 is 24.0 Å². The molecule has 1 heterocycles. The van der Waals surface area contributed by atoms with Gasteiger partial charge in [0.1, 0.15) is 0 Å². The SMILES string of the molecule is CN=C(NCc1ccc(OC)c(OC(F)F)c1)NCC1(C)CCCO1.I. The molecule has 0 aliphatic carbocycles. The number of guanidine groups is 1. The lowest BCUT2D eigenvalue weighted by atomic mass is 10.0. The van der Waals surface area contributed by atoms with Gasteiger partial charge >= 0.3 is 6.61 Å². The van der Waals surface area contributed by atoms with Crippen molar-refractivity contribution in [2.45, 2.75) is 38.5 Å². The largest absolute Gasteiger partial charge is 0.493 e. The smallest absolute Gasteiger partial charge is 0.387 e. The summed E-state index contributed by atoms with van der Waals surface area (Å²) in [6.45, 7) is 0.995. The first kappa shape index (κ1) is 22.7. The number of rotatable bonds is 7. The molecule has 0 radical (unpaired) electrons. The van der Waals surface area contributed by atoms with Crippen LogP contribution in [-0.2, 0) is 11.3 Å². The summed E-state index contributed by atoms with van der Waals surface area (Å²) in [5.74, 6) is 0.883. The maximum Gasteiger partial charge on any atom is 0.387 e. The van der Waals surface area contributed by atoms with E-state index in [0.717, 1.165) is 25.0 Å². The molecule has 1 aliphatic rings. The molecule has 148 valence electrons. The van der Waals surface area contributed by atoms with Crippen LogP contribution in [0.25, 0.3) is 0 Å². The van der Waals surface area contributed by atoms with E-state index in [4.69, 9.17) is 9.47 Å². The second-order valence-electron chi connectivity index (χ2n) is 6.04. The molecule has 1 unspecified atom stereocenters. The quantitative estimate of drug-likeness (QED) is 0.353. The molecule has 0 spiro atoms. The highest BCUT2D eigenvalue weighted by atomic mass is 127. The minimum atomic E-state index is -2.90. The summed E-state index contributed by atoms with van der Waals surface area (Å²) in [6, 6.07) is 4.89. The van der Waals surface area contributed by atoms with Gasteiger partial charge in [0, 0.05) is 26.7 Å². The molecule has 2 rings (SSSR count). The number of benzene rings is 1. The molecule has 1 atom stereocenters. The average Bonchev–Trinajstić information content (AvgIpc) is 3.01. The lowest BCUT2D eigenvalue weighted by Crippen LogP contribution is -2.45. The number of methoxy groups -OCH3 is 1. The molecule has 2 N–H and O–H groups in total. The first-order chi connectivity index (χ1) is 12.0. The predicted molar refractivity (Wildman–Crippen MR) is 107 cm³/mol. The Morgan fingerprint density at radius 3 is 2.69 bits per heavy atom. The van der Waals surface area contributed by atoms with Crippen LogP contribution in [0.4, 0.5) is 8.78 Å². The second-order valence-corrected chi connectivity index (χ2v) is 6.04. The molecule has 0 aromatic heterocycles. The van der Waals surface area contributed by atoms with E-state index in [-0.39, 0.29) is 41.1 Å². The Kier molecular flexibility index (Phi) is 9.34. The highest BCUT2D eigenvalue weighted by Crippen LogP contribution is 2.29.